The highest BCUT2D eigenvalue weighted by atomic mass is 16.5. The molecule has 5 nitrogen and oxygen atoms in total. The number of hydrazine groups is 1. The summed E-state index contributed by atoms with van der Waals surface area (Å²) in [5.74, 6) is -0.559. The highest BCUT2D eigenvalue weighted by molar-refractivity contribution is 5.94. The number of esters is 1. The summed E-state index contributed by atoms with van der Waals surface area (Å²) in [6.07, 6.45) is 1.41. The number of hydrogen-bond acceptors (Lipinski definition) is 4. The molecule has 2 aromatic rings. The lowest BCUT2D eigenvalue weighted by Crippen LogP contribution is -2.49. The number of ether oxygens (including phenoxy) is 1. The standard InChI is InChI=1S/C20H22N2O3/c1-14-8-10-15(11-9-14)17-12-13-18(20(24)25-2)22(17)21-19(23)16-6-4-3-5-7-16/h3-11,17-18H,12-13H2,1-2H3,(H,21,23). The molecule has 3 rings (SSSR count). The van der Waals surface area contributed by atoms with Gasteiger partial charge in [0.2, 0.25) is 0 Å². The van der Waals surface area contributed by atoms with E-state index >= 15 is 0 Å². The summed E-state index contributed by atoms with van der Waals surface area (Å²) < 4.78 is 4.92. The number of carbonyl (C=O) groups excluding carboxylic acids is 2. The van der Waals surface area contributed by atoms with Crippen molar-refractivity contribution in [2.45, 2.75) is 31.8 Å². The second-order valence-electron chi connectivity index (χ2n) is 6.26. The van der Waals surface area contributed by atoms with Crippen LogP contribution in [0, 0.1) is 6.92 Å². The Balaban J connectivity index is 1.86. The van der Waals surface area contributed by atoms with Crippen LogP contribution in [0.25, 0.3) is 0 Å². The fourth-order valence-corrected chi connectivity index (χ4v) is 3.22. The van der Waals surface area contributed by atoms with Crippen LogP contribution in [0.5, 0.6) is 0 Å². The second-order valence-corrected chi connectivity index (χ2v) is 6.26. The molecule has 0 radical (unpaired) electrons. The predicted octanol–water partition coefficient (Wildman–Crippen LogP) is 3.02. The Kier molecular flexibility index (Phi) is 5.14. The predicted molar refractivity (Wildman–Crippen MR) is 94.7 cm³/mol. The average Bonchev–Trinajstić information content (AvgIpc) is 3.06. The molecule has 1 fully saturated rings. The van der Waals surface area contributed by atoms with Crippen LogP contribution in [0.3, 0.4) is 0 Å². The van der Waals surface area contributed by atoms with Crippen LogP contribution in [0.2, 0.25) is 0 Å². The van der Waals surface area contributed by atoms with Crippen molar-refractivity contribution in [3.05, 3.63) is 71.3 Å². The van der Waals surface area contributed by atoms with Gasteiger partial charge in [-0.3, -0.25) is 15.0 Å². The molecule has 2 aromatic carbocycles. The van der Waals surface area contributed by atoms with Gasteiger partial charge < -0.3 is 4.74 Å². The van der Waals surface area contributed by atoms with Crippen molar-refractivity contribution in [2.24, 2.45) is 0 Å². The third-order valence-corrected chi connectivity index (χ3v) is 4.59. The zero-order valence-corrected chi connectivity index (χ0v) is 14.4. The Morgan fingerprint density at radius 3 is 2.36 bits per heavy atom. The SMILES string of the molecule is COC(=O)C1CCC(c2ccc(C)cc2)N1NC(=O)c1ccccc1. The number of aryl methyl sites for hydroxylation is 1. The van der Waals surface area contributed by atoms with E-state index in [0.29, 0.717) is 12.0 Å². The molecule has 0 aliphatic carbocycles. The van der Waals surface area contributed by atoms with E-state index in [1.807, 2.05) is 49.4 Å². The molecule has 130 valence electrons. The fourth-order valence-electron chi connectivity index (χ4n) is 3.22. The number of carbonyl (C=O) groups is 2. The highest BCUT2D eigenvalue weighted by Gasteiger charge is 2.40. The van der Waals surface area contributed by atoms with Gasteiger partial charge >= 0.3 is 5.97 Å². The third-order valence-electron chi connectivity index (χ3n) is 4.59. The summed E-state index contributed by atoms with van der Waals surface area (Å²) in [4.78, 5) is 24.7. The minimum atomic E-state index is -0.482. The van der Waals surface area contributed by atoms with Crippen molar-refractivity contribution in [2.75, 3.05) is 7.11 Å². The van der Waals surface area contributed by atoms with Gasteiger partial charge in [0, 0.05) is 5.56 Å². The highest BCUT2D eigenvalue weighted by Crippen LogP contribution is 2.35. The fraction of sp³-hybridized carbons (Fsp3) is 0.300. The van der Waals surface area contributed by atoms with Gasteiger partial charge in [-0.25, -0.2) is 0 Å². The quantitative estimate of drug-likeness (QED) is 0.871. The van der Waals surface area contributed by atoms with Crippen molar-refractivity contribution in [3.63, 3.8) is 0 Å². The van der Waals surface area contributed by atoms with Crippen molar-refractivity contribution < 1.29 is 14.3 Å². The molecule has 25 heavy (non-hydrogen) atoms. The van der Waals surface area contributed by atoms with Crippen LogP contribution in [-0.4, -0.2) is 30.0 Å². The smallest absolute Gasteiger partial charge is 0.324 e. The van der Waals surface area contributed by atoms with Crippen molar-refractivity contribution >= 4 is 11.9 Å². The molecule has 0 aromatic heterocycles. The monoisotopic (exact) mass is 338 g/mol. The lowest BCUT2D eigenvalue weighted by atomic mass is 10.0. The number of benzene rings is 2. The first-order chi connectivity index (χ1) is 12.1. The number of methoxy groups -OCH3 is 1. The summed E-state index contributed by atoms with van der Waals surface area (Å²) in [6, 6.07) is 16.6. The van der Waals surface area contributed by atoms with E-state index in [9.17, 15) is 9.59 Å². The number of amides is 1. The first-order valence-electron chi connectivity index (χ1n) is 8.39. The van der Waals surface area contributed by atoms with E-state index in [0.717, 1.165) is 12.0 Å². The Labute approximate surface area is 147 Å². The number of nitrogens with zero attached hydrogens (tertiary/aromatic N) is 1. The van der Waals surface area contributed by atoms with Gasteiger partial charge in [0.25, 0.3) is 5.91 Å². The van der Waals surface area contributed by atoms with Gasteiger partial charge in [0.15, 0.2) is 0 Å². The van der Waals surface area contributed by atoms with Gasteiger partial charge in [-0.15, -0.1) is 0 Å². The summed E-state index contributed by atoms with van der Waals surface area (Å²) in [5.41, 5.74) is 5.72. The van der Waals surface area contributed by atoms with E-state index in [1.165, 1.54) is 12.7 Å². The van der Waals surface area contributed by atoms with Crippen LogP contribution in [0.15, 0.2) is 54.6 Å². The molecule has 1 N–H and O–H groups in total. The molecule has 1 heterocycles. The second kappa shape index (κ2) is 7.49. The van der Waals surface area contributed by atoms with E-state index in [1.54, 1.807) is 17.1 Å². The number of hydrogen-bond donors (Lipinski definition) is 1. The lowest BCUT2D eigenvalue weighted by molar-refractivity contribution is -0.147. The minimum Gasteiger partial charge on any atom is -0.468 e. The van der Waals surface area contributed by atoms with Crippen LogP contribution in [-0.2, 0) is 9.53 Å². The summed E-state index contributed by atoms with van der Waals surface area (Å²) in [7, 11) is 1.37. The molecular weight excluding hydrogens is 316 g/mol. The van der Waals surface area contributed by atoms with E-state index in [2.05, 4.69) is 5.43 Å². The van der Waals surface area contributed by atoms with Gasteiger partial charge in [0.1, 0.15) is 6.04 Å². The number of nitrogens with one attached hydrogen (secondary N) is 1. The van der Waals surface area contributed by atoms with Gasteiger partial charge in [-0.05, 0) is 37.5 Å². The van der Waals surface area contributed by atoms with Crippen molar-refractivity contribution in [1.29, 1.82) is 0 Å². The van der Waals surface area contributed by atoms with Crippen LogP contribution >= 0.6 is 0 Å². The van der Waals surface area contributed by atoms with Gasteiger partial charge in [0.05, 0.1) is 13.2 Å². The Morgan fingerprint density at radius 1 is 1.04 bits per heavy atom. The molecule has 0 bridgehead atoms. The molecule has 1 aliphatic heterocycles. The summed E-state index contributed by atoms with van der Waals surface area (Å²) in [6.45, 7) is 2.03. The first-order valence-corrected chi connectivity index (χ1v) is 8.39. The molecule has 0 spiro atoms. The van der Waals surface area contributed by atoms with Crippen LogP contribution in [0.1, 0.15) is 40.4 Å². The van der Waals surface area contributed by atoms with Crippen molar-refractivity contribution in [3.8, 4) is 0 Å². The normalized spacial score (nSPS) is 20.2. The molecule has 1 amide bonds. The Morgan fingerprint density at radius 2 is 1.72 bits per heavy atom. The molecule has 0 saturated carbocycles. The maximum absolute atomic E-state index is 12.6. The molecule has 2 unspecified atom stereocenters. The first kappa shape index (κ1) is 17.2. The van der Waals surface area contributed by atoms with E-state index in [4.69, 9.17) is 4.74 Å². The Bertz CT molecular complexity index is 743. The van der Waals surface area contributed by atoms with Gasteiger partial charge in [-0.1, -0.05) is 48.0 Å². The van der Waals surface area contributed by atoms with E-state index < -0.39 is 6.04 Å². The molecule has 1 aliphatic rings. The topological polar surface area (TPSA) is 58.6 Å². The maximum atomic E-state index is 12.6. The zero-order chi connectivity index (χ0) is 17.8. The largest absolute Gasteiger partial charge is 0.468 e. The third kappa shape index (κ3) is 3.72. The van der Waals surface area contributed by atoms with E-state index in [-0.39, 0.29) is 17.9 Å². The summed E-state index contributed by atoms with van der Waals surface area (Å²) >= 11 is 0. The zero-order valence-electron chi connectivity index (χ0n) is 14.4. The van der Waals surface area contributed by atoms with Crippen molar-refractivity contribution in [1.82, 2.24) is 10.4 Å². The van der Waals surface area contributed by atoms with Crippen LogP contribution in [0.4, 0.5) is 0 Å². The molecule has 1 saturated heterocycles. The minimum absolute atomic E-state index is 0.0580. The summed E-state index contributed by atoms with van der Waals surface area (Å²) in [5, 5.41) is 1.74. The average molecular weight is 338 g/mol. The lowest BCUT2D eigenvalue weighted by Gasteiger charge is -2.29. The number of rotatable bonds is 4. The molecular formula is C20H22N2O3. The van der Waals surface area contributed by atoms with Gasteiger partial charge in [-0.2, -0.15) is 5.01 Å². The molecule has 5 heteroatoms. The maximum Gasteiger partial charge on any atom is 0.324 e. The molecule has 2 atom stereocenters. The van der Waals surface area contributed by atoms with Crippen LogP contribution < -0.4 is 5.43 Å². The Hall–Kier alpha value is -2.66.